The van der Waals surface area contributed by atoms with E-state index in [2.05, 4.69) is 37.1 Å². The molecule has 2 aromatic heterocycles. The summed E-state index contributed by atoms with van der Waals surface area (Å²) in [6.45, 7) is 6.74. The van der Waals surface area contributed by atoms with Gasteiger partial charge in [0, 0.05) is 38.3 Å². The second-order valence-electron chi connectivity index (χ2n) is 7.61. The SMILES string of the molecule is CCC(c1c(Cl)c(Cl)cc2[nH]c(=O)c(=O)[nH]c12)n1cc(CN2CCN(C)CC2)nn1. The number of halogens is 2. The molecule has 3 heterocycles. The van der Waals surface area contributed by atoms with Crippen molar-refractivity contribution in [3.05, 3.63) is 54.3 Å². The van der Waals surface area contributed by atoms with Gasteiger partial charge >= 0.3 is 11.1 Å². The molecular weight excluding hydrogens is 429 g/mol. The fraction of sp³-hybridized carbons (Fsp3) is 0.474. The number of piperazine rings is 1. The average molecular weight is 452 g/mol. The summed E-state index contributed by atoms with van der Waals surface area (Å²) in [6, 6.07) is 1.22. The van der Waals surface area contributed by atoms with E-state index in [1.165, 1.54) is 6.07 Å². The van der Waals surface area contributed by atoms with Crippen molar-refractivity contribution < 1.29 is 0 Å². The van der Waals surface area contributed by atoms with Crippen LogP contribution in [-0.4, -0.2) is 68.0 Å². The molecule has 2 N–H and O–H groups in total. The van der Waals surface area contributed by atoms with Crippen LogP contribution < -0.4 is 11.1 Å². The maximum atomic E-state index is 12.0. The molecule has 30 heavy (non-hydrogen) atoms. The number of aromatic nitrogens is 5. The highest BCUT2D eigenvalue weighted by molar-refractivity contribution is 6.43. The first-order chi connectivity index (χ1) is 14.4. The Hall–Kier alpha value is -2.20. The Bertz CT molecular complexity index is 1180. The van der Waals surface area contributed by atoms with Gasteiger partial charge in [-0.05, 0) is 19.5 Å². The van der Waals surface area contributed by atoms with Gasteiger partial charge < -0.3 is 14.9 Å². The Morgan fingerprint density at radius 3 is 2.53 bits per heavy atom. The van der Waals surface area contributed by atoms with Crippen LogP contribution in [-0.2, 0) is 6.54 Å². The van der Waals surface area contributed by atoms with Crippen LogP contribution >= 0.6 is 23.2 Å². The Morgan fingerprint density at radius 2 is 1.83 bits per heavy atom. The number of likely N-dealkylation sites (N-methyl/N-ethyl adjacent to an activating group) is 1. The van der Waals surface area contributed by atoms with E-state index in [9.17, 15) is 9.59 Å². The molecule has 0 bridgehead atoms. The van der Waals surface area contributed by atoms with Gasteiger partial charge in [0.2, 0.25) is 0 Å². The summed E-state index contributed by atoms with van der Waals surface area (Å²) >= 11 is 12.9. The van der Waals surface area contributed by atoms with Gasteiger partial charge in [0.1, 0.15) is 0 Å². The number of benzene rings is 1. The first kappa shape index (κ1) is 21.0. The maximum Gasteiger partial charge on any atom is 0.314 e. The minimum absolute atomic E-state index is 0.290. The number of hydrogen-bond donors (Lipinski definition) is 2. The average Bonchev–Trinajstić information content (AvgIpc) is 3.17. The molecule has 0 aliphatic carbocycles. The zero-order chi connectivity index (χ0) is 21.4. The standard InChI is InChI=1S/C19H23Cl2N7O2/c1-3-14(28-10-11(24-25-28)9-27-6-4-26(2)5-7-27)15-16(21)12(20)8-13-17(15)23-19(30)18(29)22-13/h8,10,14H,3-7,9H2,1-2H3,(H,22,29)(H,23,30). The molecule has 1 aromatic carbocycles. The second kappa shape index (κ2) is 8.50. The van der Waals surface area contributed by atoms with Gasteiger partial charge in [0.25, 0.3) is 0 Å². The summed E-state index contributed by atoms with van der Waals surface area (Å²) in [4.78, 5) is 33.6. The smallest absolute Gasteiger partial charge is 0.314 e. The highest BCUT2D eigenvalue weighted by atomic mass is 35.5. The number of H-pyrrole nitrogens is 2. The van der Waals surface area contributed by atoms with E-state index in [4.69, 9.17) is 23.2 Å². The molecule has 160 valence electrons. The number of rotatable bonds is 5. The van der Waals surface area contributed by atoms with Crippen LogP contribution in [0.25, 0.3) is 11.0 Å². The van der Waals surface area contributed by atoms with E-state index >= 15 is 0 Å². The zero-order valence-corrected chi connectivity index (χ0v) is 18.3. The number of nitrogens with one attached hydrogen (secondary N) is 2. The Kier molecular flexibility index (Phi) is 5.97. The van der Waals surface area contributed by atoms with E-state index in [1.807, 2.05) is 13.1 Å². The molecule has 4 rings (SSSR count). The van der Waals surface area contributed by atoms with Gasteiger partial charge in [-0.1, -0.05) is 35.3 Å². The predicted molar refractivity (Wildman–Crippen MR) is 116 cm³/mol. The van der Waals surface area contributed by atoms with Crippen LogP contribution in [0.15, 0.2) is 21.9 Å². The van der Waals surface area contributed by atoms with Gasteiger partial charge in [-0.3, -0.25) is 14.5 Å². The van der Waals surface area contributed by atoms with Crippen molar-refractivity contribution in [2.24, 2.45) is 0 Å². The van der Waals surface area contributed by atoms with Gasteiger partial charge in [-0.25, -0.2) is 4.68 Å². The Balaban J connectivity index is 1.71. The van der Waals surface area contributed by atoms with Crippen molar-refractivity contribution in [1.82, 2.24) is 34.8 Å². The molecule has 9 nitrogen and oxygen atoms in total. The first-order valence-corrected chi connectivity index (χ1v) is 10.6. The number of hydrogen-bond acceptors (Lipinski definition) is 6. The Morgan fingerprint density at radius 1 is 1.13 bits per heavy atom. The minimum Gasteiger partial charge on any atom is -0.316 e. The molecule has 1 aliphatic rings. The van der Waals surface area contributed by atoms with Crippen LogP contribution in [0.2, 0.25) is 10.0 Å². The number of fused-ring (bicyclic) bond motifs is 1. The molecule has 1 saturated heterocycles. The van der Waals surface area contributed by atoms with Crippen molar-refractivity contribution in [3.8, 4) is 0 Å². The van der Waals surface area contributed by atoms with Crippen molar-refractivity contribution in [2.45, 2.75) is 25.9 Å². The fourth-order valence-electron chi connectivity index (χ4n) is 3.84. The van der Waals surface area contributed by atoms with Crippen LogP contribution in [0, 0.1) is 0 Å². The highest BCUT2D eigenvalue weighted by Gasteiger charge is 2.24. The topological polar surface area (TPSA) is 103 Å². The molecule has 1 aliphatic heterocycles. The van der Waals surface area contributed by atoms with Gasteiger partial charge in [0.05, 0.1) is 39.0 Å². The molecule has 0 radical (unpaired) electrons. The Labute approximate surface area is 182 Å². The zero-order valence-electron chi connectivity index (χ0n) is 16.8. The summed E-state index contributed by atoms with van der Waals surface area (Å²) in [7, 11) is 2.12. The third kappa shape index (κ3) is 4.02. The first-order valence-electron chi connectivity index (χ1n) is 9.83. The summed E-state index contributed by atoms with van der Waals surface area (Å²) in [5, 5.41) is 9.27. The van der Waals surface area contributed by atoms with Gasteiger partial charge in [-0.15, -0.1) is 5.10 Å². The molecular formula is C19H23Cl2N7O2. The summed E-state index contributed by atoms with van der Waals surface area (Å²) in [6.07, 6.45) is 2.53. The highest BCUT2D eigenvalue weighted by Crippen LogP contribution is 2.37. The fourth-order valence-corrected chi connectivity index (χ4v) is 4.32. The second-order valence-corrected chi connectivity index (χ2v) is 8.40. The molecule has 1 fully saturated rings. The van der Waals surface area contributed by atoms with Crippen molar-refractivity contribution in [1.29, 1.82) is 0 Å². The predicted octanol–water partition coefficient (Wildman–Crippen LogP) is 1.86. The van der Waals surface area contributed by atoms with Crippen molar-refractivity contribution in [2.75, 3.05) is 33.2 Å². The largest absolute Gasteiger partial charge is 0.316 e. The summed E-state index contributed by atoms with van der Waals surface area (Å²) in [5.74, 6) is 0. The van der Waals surface area contributed by atoms with Crippen LogP contribution in [0.5, 0.6) is 0 Å². The summed E-state index contributed by atoms with van der Waals surface area (Å²) < 4.78 is 1.74. The van der Waals surface area contributed by atoms with Crippen molar-refractivity contribution in [3.63, 3.8) is 0 Å². The molecule has 1 unspecified atom stereocenters. The van der Waals surface area contributed by atoms with Gasteiger partial charge in [0.15, 0.2) is 0 Å². The van der Waals surface area contributed by atoms with Crippen LogP contribution in [0.4, 0.5) is 0 Å². The quantitative estimate of drug-likeness (QED) is 0.573. The maximum absolute atomic E-state index is 12.0. The van der Waals surface area contributed by atoms with Crippen LogP contribution in [0.3, 0.4) is 0 Å². The molecule has 0 amide bonds. The summed E-state index contributed by atoms with van der Waals surface area (Å²) in [5.41, 5.74) is 0.840. The monoisotopic (exact) mass is 451 g/mol. The van der Waals surface area contributed by atoms with Gasteiger partial charge in [-0.2, -0.15) is 0 Å². The van der Waals surface area contributed by atoms with Crippen LogP contribution in [0.1, 0.15) is 30.6 Å². The lowest BCUT2D eigenvalue weighted by Crippen LogP contribution is -2.43. The lowest BCUT2D eigenvalue weighted by molar-refractivity contribution is 0.147. The minimum atomic E-state index is -0.744. The third-order valence-corrected chi connectivity index (χ3v) is 6.33. The lowest BCUT2D eigenvalue weighted by atomic mass is 10.0. The normalized spacial score (nSPS) is 16.9. The van der Waals surface area contributed by atoms with E-state index in [1.54, 1.807) is 4.68 Å². The van der Waals surface area contributed by atoms with E-state index in [0.29, 0.717) is 28.0 Å². The molecule has 0 saturated carbocycles. The third-order valence-electron chi connectivity index (χ3n) is 5.53. The molecule has 1 atom stereocenters. The number of nitrogens with zero attached hydrogens (tertiary/aromatic N) is 5. The van der Waals surface area contributed by atoms with E-state index in [0.717, 1.165) is 38.4 Å². The molecule has 3 aromatic rings. The lowest BCUT2D eigenvalue weighted by Gasteiger charge is -2.31. The molecule has 0 spiro atoms. The van der Waals surface area contributed by atoms with Crippen molar-refractivity contribution >= 4 is 34.2 Å². The van der Waals surface area contributed by atoms with E-state index in [-0.39, 0.29) is 11.1 Å². The molecule has 11 heteroatoms. The number of aromatic amines is 2. The van der Waals surface area contributed by atoms with E-state index < -0.39 is 11.1 Å².